The molecule has 0 unspecified atom stereocenters. The number of hydrogen-bond acceptors (Lipinski definition) is 1. The highest BCUT2D eigenvalue weighted by molar-refractivity contribution is 6.31. The maximum atomic E-state index is 12.0. The van der Waals surface area contributed by atoms with E-state index < -0.39 is 0 Å². The highest BCUT2D eigenvalue weighted by atomic mass is 35.5. The molecule has 0 aliphatic carbocycles. The average Bonchev–Trinajstić information content (AvgIpc) is 2.34. The number of carbonyl (C=O) groups is 1. The fraction of sp³-hybridized carbons (Fsp3) is 0.562. The number of aryl methyl sites for hydroxylation is 1. The van der Waals surface area contributed by atoms with E-state index >= 15 is 0 Å². The lowest BCUT2D eigenvalue weighted by Crippen LogP contribution is -2.42. The van der Waals surface area contributed by atoms with Crippen molar-refractivity contribution in [2.45, 2.75) is 46.6 Å². The maximum absolute atomic E-state index is 12.0. The fourth-order valence-corrected chi connectivity index (χ4v) is 2.54. The molecule has 0 radical (unpaired) electrons. The lowest BCUT2D eigenvalue weighted by molar-refractivity contribution is -0.122. The quantitative estimate of drug-likeness (QED) is 0.837. The van der Waals surface area contributed by atoms with Crippen LogP contribution >= 0.6 is 11.6 Å². The van der Waals surface area contributed by atoms with Gasteiger partial charge in [0.2, 0.25) is 5.91 Å². The van der Waals surface area contributed by atoms with Gasteiger partial charge in [0, 0.05) is 17.5 Å². The molecule has 1 aromatic carbocycles. The first-order valence-electron chi connectivity index (χ1n) is 6.94. The third-order valence-electron chi connectivity index (χ3n) is 3.34. The Bertz CT molecular complexity index is 407. The van der Waals surface area contributed by atoms with E-state index in [0.29, 0.717) is 24.7 Å². The Morgan fingerprint density at radius 3 is 2.26 bits per heavy atom. The van der Waals surface area contributed by atoms with E-state index in [1.54, 1.807) is 0 Å². The number of halogens is 1. The molecule has 0 bridgehead atoms. The molecule has 19 heavy (non-hydrogen) atoms. The van der Waals surface area contributed by atoms with Crippen molar-refractivity contribution < 1.29 is 4.79 Å². The van der Waals surface area contributed by atoms with E-state index in [9.17, 15) is 4.79 Å². The Labute approximate surface area is 121 Å². The van der Waals surface area contributed by atoms with E-state index in [1.165, 1.54) is 0 Å². The van der Waals surface area contributed by atoms with Crippen molar-refractivity contribution in [1.29, 1.82) is 0 Å². The first kappa shape index (κ1) is 16.0. The van der Waals surface area contributed by atoms with E-state index in [1.807, 2.05) is 24.3 Å². The highest BCUT2D eigenvalue weighted by Crippen LogP contribution is 2.17. The summed E-state index contributed by atoms with van der Waals surface area (Å²) >= 11 is 6.08. The van der Waals surface area contributed by atoms with Crippen molar-refractivity contribution in [3.63, 3.8) is 0 Å². The number of rotatable bonds is 6. The largest absolute Gasteiger partial charge is 0.353 e. The Kier molecular flexibility index (Phi) is 6.36. The van der Waals surface area contributed by atoms with Crippen LogP contribution < -0.4 is 5.32 Å². The molecule has 0 aliphatic heterocycles. The molecule has 0 aliphatic rings. The second-order valence-corrected chi connectivity index (χ2v) is 6.08. The van der Waals surface area contributed by atoms with E-state index in [0.717, 1.165) is 10.6 Å². The first-order valence-corrected chi connectivity index (χ1v) is 7.32. The highest BCUT2D eigenvalue weighted by Gasteiger charge is 2.19. The van der Waals surface area contributed by atoms with Gasteiger partial charge in [0.25, 0.3) is 0 Å². The smallest absolute Gasteiger partial charge is 0.220 e. The van der Waals surface area contributed by atoms with Gasteiger partial charge in [-0.25, -0.2) is 0 Å². The van der Waals surface area contributed by atoms with Gasteiger partial charge in [-0.2, -0.15) is 0 Å². The van der Waals surface area contributed by atoms with E-state index in [-0.39, 0.29) is 11.9 Å². The van der Waals surface area contributed by atoms with Gasteiger partial charge in [-0.15, -0.1) is 0 Å². The summed E-state index contributed by atoms with van der Waals surface area (Å²) in [7, 11) is 0. The lowest BCUT2D eigenvalue weighted by Gasteiger charge is -2.26. The second-order valence-electron chi connectivity index (χ2n) is 5.67. The molecule has 0 atom stereocenters. The van der Waals surface area contributed by atoms with Gasteiger partial charge in [-0.05, 0) is 29.9 Å². The zero-order valence-electron chi connectivity index (χ0n) is 12.2. The molecule has 0 spiro atoms. The van der Waals surface area contributed by atoms with Crippen molar-refractivity contribution in [2.24, 2.45) is 11.8 Å². The number of hydrogen-bond donors (Lipinski definition) is 1. The van der Waals surface area contributed by atoms with Crippen molar-refractivity contribution in [3.8, 4) is 0 Å². The van der Waals surface area contributed by atoms with Gasteiger partial charge in [-0.3, -0.25) is 4.79 Å². The molecule has 3 heteroatoms. The summed E-state index contributed by atoms with van der Waals surface area (Å²) in [5.74, 6) is 1.00. The average molecular weight is 282 g/mol. The van der Waals surface area contributed by atoms with Crippen LogP contribution in [0.5, 0.6) is 0 Å². The van der Waals surface area contributed by atoms with Gasteiger partial charge < -0.3 is 5.32 Å². The molecule has 0 fully saturated rings. The van der Waals surface area contributed by atoms with Crippen LogP contribution in [0.25, 0.3) is 0 Å². The van der Waals surface area contributed by atoms with Gasteiger partial charge in [0.15, 0.2) is 0 Å². The van der Waals surface area contributed by atoms with Gasteiger partial charge >= 0.3 is 0 Å². The maximum Gasteiger partial charge on any atom is 0.220 e. The Balaban J connectivity index is 2.50. The lowest BCUT2D eigenvalue weighted by atomic mass is 9.93. The molecule has 0 aromatic heterocycles. The minimum absolute atomic E-state index is 0.104. The molecule has 106 valence electrons. The molecule has 1 rings (SSSR count). The van der Waals surface area contributed by atoms with Crippen LogP contribution in [0.15, 0.2) is 24.3 Å². The standard InChI is InChI=1S/C16H24ClNO/c1-11(2)16(12(3)4)18-15(19)10-9-13-7-5-6-8-14(13)17/h5-8,11-12,16H,9-10H2,1-4H3,(H,18,19). The molecular weight excluding hydrogens is 258 g/mol. The molecular formula is C16H24ClNO. The van der Waals surface area contributed by atoms with Crippen molar-refractivity contribution in [1.82, 2.24) is 5.32 Å². The molecule has 2 nitrogen and oxygen atoms in total. The van der Waals surface area contributed by atoms with E-state index in [4.69, 9.17) is 11.6 Å². The van der Waals surface area contributed by atoms with Gasteiger partial charge in [0.1, 0.15) is 0 Å². The van der Waals surface area contributed by atoms with Crippen molar-refractivity contribution in [2.75, 3.05) is 0 Å². The normalized spacial score (nSPS) is 11.4. The second kappa shape index (κ2) is 7.54. The summed E-state index contributed by atoms with van der Waals surface area (Å²) in [5.41, 5.74) is 1.03. The molecule has 1 aromatic rings. The van der Waals surface area contributed by atoms with Gasteiger partial charge in [0.05, 0.1) is 0 Å². The van der Waals surface area contributed by atoms with E-state index in [2.05, 4.69) is 33.0 Å². The Morgan fingerprint density at radius 2 is 1.74 bits per heavy atom. The summed E-state index contributed by atoms with van der Waals surface area (Å²) in [6, 6.07) is 7.92. The summed E-state index contributed by atoms with van der Waals surface area (Å²) in [4.78, 5) is 12.0. The first-order chi connectivity index (χ1) is 8.91. The monoisotopic (exact) mass is 281 g/mol. The third kappa shape index (κ3) is 5.23. The summed E-state index contributed by atoms with van der Waals surface area (Å²) < 4.78 is 0. The predicted molar refractivity (Wildman–Crippen MR) is 81.4 cm³/mol. The van der Waals surface area contributed by atoms with Crippen LogP contribution in [-0.4, -0.2) is 11.9 Å². The molecule has 0 saturated heterocycles. The zero-order valence-corrected chi connectivity index (χ0v) is 13.0. The summed E-state index contributed by atoms with van der Waals surface area (Å²) in [6.07, 6.45) is 1.17. The molecule has 1 N–H and O–H groups in total. The molecule has 1 amide bonds. The van der Waals surface area contributed by atoms with Crippen LogP contribution in [0.1, 0.15) is 39.7 Å². The minimum Gasteiger partial charge on any atom is -0.353 e. The van der Waals surface area contributed by atoms with Crippen molar-refractivity contribution >= 4 is 17.5 Å². The minimum atomic E-state index is 0.104. The topological polar surface area (TPSA) is 29.1 Å². The zero-order chi connectivity index (χ0) is 14.4. The van der Waals surface area contributed by atoms with Crippen LogP contribution in [-0.2, 0) is 11.2 Å². The molecule has 0 saturated carbocycles. The fourth-order valence-electron chi connectivity index (χ4n) is 2.31. The number of nitrogens with one attached hydrogen (secondary N) is 1. The molecule has 0 heterocycles. The van der Waals surface area contributed by atoms with Gasteiger partial charge in [-0.1, -0.05) is 57.5 Å². The Morgan fingerprint density at radius 1 is 1.16 bits per heavy atom. The Hall–Kier alpha value is -1.02. The summed E-state index contributed by atoms with van der Waals surface area (Å²) in [5, 5.41) is 3.86. The van der Waals surface area contributed by atoms with Crippen LogP contribution in [0.4, 0.5) is 0 Å². The number of amides is 1. The van der Waals surface area contributed by atoms with Crippen LogP contribution in [0, 0.1) is 11.8 Å². The van der Waals surface area contributed by atoms with Crippen LogP contribution in [0.2, 0.25) is 5.02 Å². The van der Waals surface area contributed by atoms with Crippen molar-refractivity contribution in [3.05, 3.63) is 34.9 Å². The predicted octanol–water partition coefficient (Wildman–Crippen LogP) is 4.07. The number of carbonyl (C=O) groups excluding carboxylic acids is 1. The van der Waals surface area contributed by atoms with Crippen LogP contribution in [0.3, 0.4) is 0 Å². The summed E-state index contributed by atoms with van der Waals surface area (Å²) in [6.45, 7) is 8.55. The third-order valence-corrected chi connectivity index (χ3v) is 3.71. The number of benzene rings is 1. The SMILES string of the molecule is CC(C)C(NC(=O)CCc1ccccc1Cl)C(C)C.